The SMILES string of the molecule is CCCCC1CC(=O)NC1C(=O)O. The fraction of sp³-hybridized carbons (Fsp3) is 0.778. The monoisotopic (exact) mass is 185 g/mol. The number of rotatable bonds is 4. The summed E-state index contributed by atoms with van der Waals surface area (Å²) in [5.41, 5.74) is 0. The topological polar surface area (TPSA) is 66.4 Å². The number of hydrogen-bond acceptors (Lipinski definition) is 2. The van der Waals surface area contributed by atoms with Crippen molar-refractivity contribution in [3.63, 3.8) is 0 Å². The Morgan fingerprint density at radius 3 is 2.92 bits per heavy atom. The average molecular weight is 185 g/mol. The first-order chi connectivity index (χ1) is 6.15. The van der Waals surface area contributed by atoms with E-state index in [-0.39, 0.29) is 11.8 Å². The van der Waals surface area contributed by atoms with Crippen LogP contribution in [-0.2, 0) is 9.59 Å². The minimum absolute atomic E-state index is 0.00931. The lowest BCUT2D eigenvalue weighted by Crippen LogP contribution is -2.36. The number of carbonyl (C=O) groups excluding carboxylic acids is 1. The summed E-state index contributed by atoms with van der Waals surface area (Å²) in [4.78, 5) is 21.7. The third kappa shape index (κ3) is 2.44. The second kappa shape index (κ2) is 4.25. The van der Waals surface area contributed by atoms with Crippen LogP contribution in [0.2, 0.25) is 0 Å². The summed E-state index contributed by atoms with van der Waals surface area (Å²) in [6.07, 6.45) is 3.23. The molecule has 2 N–H and O–H groups in total. The summed E-state index contributed by atoms with van der Waals surface area (Å²) in [5.74, 6) is -1.05. The van der Waals surface area contributed by atoms with Crippen LogP contribution in [0.5, 0.6) is 0 Å². The molecule has 4 heteroatoms. The maximum atomic E-state index is 11.0. The number of carboxylic acid groups (broad SMARTS) is 1. The van der Waals surface area contributed by atoms with E-state index in [1.54, 1.807) is 0 Å². The molecule has 1 fully saturated rings. The number of carbonyl (C=O) groups is 2. The predicted molar refractivity (Wildman–Crippen MR) is 47.2 cm³/mol. The zero-order valence-corrected chi connectivity index (χ0v) is 7.75. The van der Waals surface area contributed by atoms with Crippen molar-refractivity contribution >= 4 is 11.9 Å². The van der Waals surface area contributed by atoms with E-state index in [0.717, 1.165) is 19.3 Å². The van der Waals surface area contributed by atoms with Crippen LogP contribution < -0.4 is 5.32 Å². The van der Waals surface area contributed by atoms with Gasteiger partial charge >= 0.3 is 5.97 Å². The van der Waals surface area contributed by atoms with Crippen LogP contribution in [0.4, 0.5) is 0 Å². The lowest BCUT2D eigenvalue weighted by Gasteiger charge is -2.13. The van der Waals surface area contributed by atoms with E-state index in [1.807, 2.05) is 0 Å². The smallest absolute Gasteiger partial charge is 0.326 e. The van der Waals surface area contributed by atoms with E-state index in [0.29, 0.717) is 6.42 Å². The second-order valence-corrected chi connectivity index (χ2v) is 3.49. The summed E-state index contributed by atoms with van der Waals surface area (Å²) in [7, 11) is 0. The van der Waals surface area contributed by atoms with Crippen molar-refractivity contribution in [3.05, 3.63) is 0 Å². The Hall–Kier alpha value is -1.06. The molecule has 0 aromatic carbocycles. The van der Waals surface area contributed by atoms with Crippen molar-refractivity contribution < 1.29 is 14.7 Å². The number of nitrogens with one attached hydrogen (secondary N) is 1. The lowest BCUT2D eigenvalue weighted by molar-refractivity contribution is -0.140. The van der Waals surface area contributed by atoms with Crippen LogP contribution in [0.3, 0.4) is 0 Å². The Morgan fingerprint density at radius 2 is 2.38 bits per heavy atom. The third-order valence-electron chi connectivity index (χ3n) is 2.43. The Kier molecular flexibility index (Phi) is 3.28. The standard InChI is InChI=1S/C9H15NO3/c1-2-3-4-6-5-7(11)10-8(6)9(12)13/h6,8H,2-5H2,1H3,(H,10,11)(H,12,13). The number of hydrogen-bond donors (Lipinski definition) is 2. The summed E-state index contributed by atoms with van der Waals surface area (Å²) >= 11 is 0. The van der Waals surface area contributed by atoms with E-state index < -0.39 is 12.0 Å². The maximum Gasteiger partial charge on any atom is 0.326 e. The van der Waals surface area contributed by atoms with E-state index in [1.165, 1.54) is 0 Å². The molecule has 1 saturated heterocycles. The van der Waals surface area contributed by atoms with E-state index >= 15 is 0 Å². The van der Waals surface area contributed by atoms with Crippen molar-refractivity contribution in [2.45, 2.75) is 38.6 Å². The van der Waals surface area contributed by atoms with E-state index in [2.05, 4.69) is 12.2 Å². The zero-order chi connectivity index (χ0) is 9.84. The van der Waals surface area contributed by atoms with Crippen molar-refractivity contribution in [2.24, 2.45) is 5.92 Å². The highest BCUT2D eigenvalue weighted by atomic mass is 16.4. The number of amides is 1. The van der Waals surface area contributed by atoms with Crippen LogP contribution in [0.15, 0.2) is 0 Å². The van der Waals surface area contributed by atoms with Gasteiger partial charge in [-0.15, -0.1) is 0 Å². The van der Waals surface area contributed by atoms with Gasteiger partial charge in [-0.3, -0.25) is 4.79 Å². The van der Waals surface area contributed by atoms with Gasteiger partial charge in [0, 0.05) is 6.42 Å². The van der Waals surface area contributed by atoms with E-state index in [9.17, 15) is 9.59 Å². The number of aliphatic carboxylic acids is 1. The molecule has 74 valence electrons. The molecular formula is C9H15NO3. The Bertz CT molecular complexity index is 215. The molecule has 13 heavy (non-hydrogen) atoms. The number of carboxylic acids is 1. The van der Waals surface area contributed by atoms with E-state index in [4.69, 9.17) is 5.11 Å². The van der Waals surface area contributed by atoms with Gasteiger partial charge in [-0.05, 0) is 12.3 Å². The molecule has 0 bridgehead atoms. The van der Waals surface area contributed by atoms with Gasteiger partial charge in [0.25, 0.3) is 0 Å². The van der Waals surface area contributed by atoms with Gasteiger partial charge in [-0.1, -0.05) is 19.8 Å². The highest BCUT2D eigenvalue weighted by Crippen LogP contribution is 2.22. The fourth-order valence-electron chi connectivity index (χ4n) is 1.70. The molecule has 0 aromatic rings. The molecule has 1 rings (SSSR count). The van der Waals surface area contributed by atoms with Gasteiger partial charge in [-0.25, -0.2) is 4.79 Å². The number of unbranched alkanes of at least 4 members (excludes halogenated alkanes) is 1. The summed E-state index contributed by atoms with van der Waals surface area (Å²) < 4.78 is 0. The fourth-order valence-corrected chi connectivity index (χ4v) is 1.70. The molecular weight excluding hydrogens is 170 g/mol. The first-order valence-corrected chi connectivity index (χ1v) is 4.67. The molecule has 1 amide bonds. The average Bonchev–Trinajstić information content (AvgIpc) is 2.43. The van der Waals surface area contributed by atoms with Gasteiger partial charge in [0.1, 0.15) is 6.04 Å². The molecule has 0 aromatic heterocycles. The van der Waals surface area contributed by atoms with Crippen molar-refractivity contribution in [2.75, 3.05) is 0 Å². The zero-order valence-electron chi connectivity index (χ0n) is 7.75. The molecule has 2 unspecified atom stereocenters. The largest absolute Gasteiger partial charge is 0.480 e. The third-order valence-corrected chi connectivity index (χ3v) is 2.43. The Labute approximate surface area is 77.3 Å². The minimum Gasteiger partial charge on any atom is -0.480 e. The van der Waals surface area contributed by atoms with Crippen molar-refractivity contribution in [1.82, 2.24) is 5.32 Å². The van der Waals surface area contributed by atoms with Crippen molar-refractivity contribution in [1.29, 1.82) is 0 Å². The first-order valence-electron chi connectivity index (χ1n) is 4.67. The Balaban J connectivity index is 2.50. The molecule has 4 nitrogen and oxygen atoms in total. The van der Waals surface area contributed by atoms with Gasteiger partial charge in [-0.2, -0.15) is 0 Å². The highest BCUT2D eigenvalue weighted by molar-refractivity contribution is 5.87. The summed E-state index contributed by atoms with van der Waals surface area (Å²) in [6.45, 7) is 2.06. The molecule has 0 radical (unpaired) electrons. The van der Waals surface area contributed by atoms with Gasteiger partial charge < -0.3 is 10.4 Å². The lowest BCUT2D eigenvalue weighted by atomic mass is 9.94. The minimum atomic E-state index is -0.910. The van der Waals surface area contributed by atoms with Gasteiger partial charge in [0.15, 0.2) is 0 Å². The van der Waals surface area contributed by atoms with Crippen LogP contribution in [-0.4, -0.2) is 23.0 Å². The predicted octanol–water partition coefficient (Wildman–Crippen LogP) is 0.766. The van der Waals surface area contributed by atoms with Crippen LogP contribution in [0.25, 0.3) is 0 Å². The maximum absolute atomic E-state index is 11.0. The molecule has 2 atom stereocenters. The molecule has 1 aliphatic rings. The van der Waals surface area contributed by atoms with Crippen LogP contribution in [0.1, 0.15) is 32.6 Å². The first kappa shape index (κ1) is 10.0. The normalized spacial score (nSPS) is 27.3. The molecule has 0 aliphatic carbocycles. The highest BCUT2D eigenvalue weighted by Gasteiger charge is 2.36. The Morgan fingerprint density at radius 1 is 1.69 bits per heavy atom. The summed E-state index contributed by atoms with van der Waals surface area (Å²) in [5, 5.41) is 11.3. The van der Waals surface area contributed by atoms with Crippen molar-refractivity contribution in [3.8, 4) is 0 Å². The van der Waals surface area contributed by atoms with Gasteiger partial charge in [0.05, 0.1) is 0 Å². The molecule has 0 saturated carbocycles. The molecule has 1 heterocycles. The van der Waals surface area contributed by atoms with Crippen LogP contribution in [0, 0.1) is 5.92 Å². The molecule has 1 aliphatic heterocycles. The van der Waals surface area contributed by atoms with Crippen LogP contribution >= 0.6 is 0 Å². The van der Waals surface area contributed by atoms with Gasteiger partial charge in [0.2, 0.25) is 5.91 Å². The molecule has 0 spiro atoms. The summed E-state index contributed by atoms with van der Waals surface area (Å²) in [6, 6.07) is -0.654. The second-order valence-electron chi connectivity index (χ2n) is 3.49. The quantitative estimate of drug-likeness (QED) is 0.679.